The average Bonchev–Trinajstić information content (AvgIpc) is 2.56. The zero-order valence-corrected chi connectivity index (χ0v) is 14.8. The zero-order valence-electron chi connectivity index (χ0n) is 14.8. The van der Waals surface area contributed by atoms with Gasteiger partial charge < -0.3 is 0 Å². The van der Waals surface area contributed by atoms with Gasteiger partial charge in [0.15, 0.2) is 0 Å². The smallest absolute Gasteiger partial charge is 0.00672 e. The van der Waals surface area contributed by atoms with Gasteiger partial charge in [-0.3, -0.25) is 0 Å². The fraction of sp³-hybridized carbons (Fsp3) is 0.167. The first-order valence-corrected chi connectivity index (χ1v) is 8.55. The van der Waals surface area contributed by atoms with Crippen molar-refractivity contribution in [2.75, 3.05) is 0 Å². The Bertz CT molecular complexity index is 995. The number of benzene rings is 4. The van der Waals surface area contributed by atoms with Crippen molar-refractivity contribution in [1.82, 2.24) is 0 Å². The lowest BCUT2D eigenvalue weighted by atomic mass is 9.87. The summed E-state index contributed by atoms with van der Waals surface area (Å²) in [6, 6.07) is 22.5. The third kappa shape index (κ3) is 2.30. The number of hydrogen-bond acceptors (Lipinski definition) is 0. The first kappa shape index (κ1) is 15.0. The van der Waals surface area contributed by atoms with E-state index in [9.17, 15) is 0 Å². The molecule has 0 aliphatic heterocycles. The van der Waals surface area contributed by atoms with Crippen LogP contribution < -0.4 is 0 Å². The summed E-state index contributed by atoms with van der Waals surface area (Å²) in [5.41, 5.74) is 8.04. The molecule has 0 heteroatoms. The van der Waals surface area contributed by atoms with Crippen LogP contribution in [0.4, 0.5) is 0 Å². The molecule has 0 atom stereocenters. The lowest BCUT2D eigenvalue weighted by Gasteiger charge is -2.17. The van der Waals surface area contributed by atoms with Crippen LogP contribution in [0.25, 0.3) is 32.7 Å². The molecule has 0 saturated heterocycles. The van der Waals surface area contributed by atoms with Crippen molar-refractivity contribution in [3.63, 3.8) is 0 Å². The van der Waals surface area contributed by atoms with Gasteiger partial charge in [-0.1, -0.05) is 71.8 Å². The van der Waals surface area contributed by atoms with Crippen LogP contribution in [-0.2, 0) is 0 Å². The molecule has 0 N–H and O–H groups in total. The molecule has 4 rings (SSSR count). The molecular weight excluding hydrogens is 288 g/mol. The summed E-state index contributed by atoms with van der Waals surface area (Å²) in [5, 5.41) is 5.33. The number of aryl methyl sites for hydroxylation is 4. The van der Waals surface area contributed by atoms with E-state index in [4.69, 9.17) is 0 Å². The topological polar surface area (TPSA) is 0 Å². The van der Waals surface area contributed by atoms with Crippen molar-refractivity contribution in [2.24, 2.45) is 0 Å². The Kier molecular flexibility index (Phi) is 3.42. The van der Waals surface area contributed by atoms with Crippen LogP contribution in [-0.4, -0.2) is 0 Å². The third-order valence-corrected chi connectivity index (χ3v) is 5.02. The van der Waals surface area contributed by atoms with E-state index in [0.717, 1.165) is 0 Å². The highest BCUT2D eigenvalue weighted by molar-refractivity contribution is 6.07. The second kappa shape index (κ2) is 5.49. The van der Waals surface area contributed by atoms with Crippen molar-refractivity contribution in [3.8, 4) is 11.1 Å². The number of hydrogen-bond donors (Lipinski definition) is 0. The lowest BCUT2D eigenvalue weighted by Crippen LogP contribution is -1.92. The summed E-state index contributed by atoms with van der Waals surface area (Å²) in [7, 11) is 0. The van der Waals surface area contributed by atoms with Gasteiger partial charge in [0.2, 0.25) is 0 Å². The summed E-state index contributed by atoms with van der Waals surface area (Å²) < 4.78 is 0. The first-order valence-electron chi connectivity index (χ1n) is 8.55. The lowest BCUT2D eigenvalue weighted by molar-refractivity contribution is 1.43. The van der Waals surface area contributed by atoms with Crippen LogP contribution in [0, 0.1) is 27.7 Å². The van der Waals surface area contributed by atoms with Gasteiger partial charge in [-0.15, -0.1) is 0 Å². The molecule has 118 valence electrons. The van der Waals surface area contributed by atoms with Crippen molar-refractivity contribution < 1.29 is 0 Å². The van der Waals surface area contributed by atoms with E-state index in [1.807, 2.05) is 0 Å². The zero-order chi connectivity index (χ0) is 16.8. The van der Waals surface area contributed by atoms with E-state index in [2.05, 4.69) is 88.4 Å². The third-order valence-electron chi connectivity index (χ3n) is 5.02. The predicted molar refractivity (Wildman–Crippen MR) is 106 cm³/mol. The Morgan fingerprint density at radius 1 is 0.458 bits per heavy atom. The van der Waals surface area contributed by atoms with E-state index in [-0.39, 0.29) is 0 Å². The van der Waals surface area contributed by atoms with Crippen LogP contribution in [0.3, 0.4) is 0 Å². The summed E-state index contributed by atoms with van der Waals surface area (Å²) in [4.78, 5) is 0. The van der Waals surface area contributed by atoms with Gasteiger partial charge in [0.1, 0.15) is 0 Å². The minimum atomic E-state index is 1.31. The van der Waals surface area contributed by atoms with Crippen LogP contribution in [0.15, 0.2) is 60.7 Å². The van der Waals surface area contributed by atoms with Crippen molar-refractivity contribution in [3.05, 3.63) is 82.9 Å². The van der Waals surface area contributed by atoms with Crippen LogP contribution >= 0.6 is 0 Å². The summed E-state index contributed by atoms with van der Waals surface area (Å²) in [5.74, 6) is 0. The molecule has 0 aliphatic carbocycles. The van der Waals surface area contributed by atoms with Gasteiger partial charge in [0, 0.05) is 0 Å². The van der Waals surface area contributed by atoms with Gasteiger partial charge >= 0.3 is 0 Å². The van der Waals surface area contributed by atoms with Gasteiger partial charge in [-0.05, 0) is 71.5 Å². The van der Waals surface area contributed by atoms with Crippen molar-refractivity contribution in [1.29, 1.82) is 0 Å². The van der Waals surface area contributed by atoms with E-state index in [0.29, 0.717) is 0 Å². The van der Waals surface area contributed by atoms with Crippen LogP contribution in [0.1, 0.15) is 22.3 Å². The van der Waals surface area contributed by atoms with Crippen LogP contribution in [0.2, 0.25) is 0 Å². The largest absolute Gasteiger partial charge is 0.0587 e. The second-order valence-corrected chi connectivity index (χ2v) is 6.96. The highest BCUT2D eigenvalue weighted by atomic mass is 14.2. The first-order chi connectivity index (χ1) is 11.5. The van der Waals surface area contributed by atoms with Crippen LogP contribution in [0.5, 0.6) is 0 Å². The Hall–Kier alpha value is -2.60. The van der Waals surface area contributed by atoms with E-state index in [1.165, 1.54) is 54.9 Å². The molecule has 0 fully saturated rings. The maximum Gasteiger partial charge on any atom is -0.00672 e. The standard InChI is InChI=1S/C24H22/c1-15-5-11-21-19(13-15)9-7-17(3)23(21)24-18(4)8-10-20-14-16(2)6-12-22(20)24/h5-14H,1-4H3. The van der Waals surface area contributed by atoms with Crippen molar-refractivity contribution in [2.45, 2.75) is 27.7 Å². The van der Waals surface area contributed by atoms with Gasteiger partial charge in [-0.2, -0.15) is 0 Å². The molecule has 0 saturated carbocycles. The number of rotatable bonds is 1. The molecule has 0 bridgehead atoms. The highest BCUT2D eigenvalue weighted by Gasteiger charge is 2.13. The molecule has 24 heavy (non-hydrogen) atoms. The summed E-state index contributed by atoms with van der Waals surface area (Å²) in [6.45, 7) is 8.76. The minimum Gasteiger partial charge on any atom is -0.0587 e. The quantitative estimate of drug-likeness (QED) is 0.359. The molecule has 0 spiro atoms. The molecule has 4 aromatic rings. The van der Waals surface area contributed by atoms with Crippen molar-refractivity contribution >= 4 is 21.5 Å². The SMILES string of the molecule is Cc1ccc2c(-c3c(C)ccc4cc(C)ccc34)c(C)ccc2c1. The van der Waals surface area contributed by atoms with Gasteiger partial charge in [0.05, 0.1) is 0 Å². The van der Waals surface area contributed by atoms with E-state index in [1.54, 1.807) is 0 Å². The molecule has 0 radical (unpaired) electrons. The molecule has 0 aliphatic rings. The summed E-state index contributed by atoms with van der Waals surface area (Å²) in [6.07, 6.45) is 0. The molecule has 0 aromatic heterocycles. The highest BCUT2D eigenvalue weighted by Crippen LogP contribution is 2.39. The predicted octanol–water partition coefficient (Wildman–Crippen LogP) is 6.89. The minimum absolute atomic E-state index is 1.31. The van der Waals surface area contributed by atoms with Gasteiger partial charge in [0.25, 0.3) is 0 Å². The van der Waals surface area contributed by atoms with Gasteiger partial charge in [-0.25, -0.2) is 0 Å². The molecular formula is C24H22. The maximum absolute atomic E-state index is 2.28. The molecule has 4 aromatic carbocycles. The maximum atomic E-state index is 2.28. The average molecular weight is 310 g/mol. The molecule has 0 heterocycles. The monoisotopic (exact) mass is 310 g/mol. The fourth-order valence-electron chi connectivity index (χ4n) is 3.78. The summed E-state index contributed by atoms with van der Waals surface area (Å²) >= 11 is 0. The Balaban J connectivity index is 2.17. The normalized spacial score (nSPS) is 11.3. The number of fused-ring (bicyclic) bond motifs is 2. The van der Waals surface area contributed by atoms with E-state index >= 15 is 0 Å². The Morgan fingerprint density at radius 3 is 1.29 bits per heavy atom. The Labute approximate surface area is 143 Å². The molecule has 0 amide bonds. The second-order valence-electron chi connectivity index (χ2n) is 6.96. The van der Waals surface area contributed by atoms with E-state index < -0.39 is 0 Å². The molecule has 0 nitrogen and oxygen atoms in total. The molecule has 0 unspecified atom stereocenters. The Morgan fingerprint density at radius 2 is 0.875 bits per heavy atom. The fourth-order valence-corrected chi connectivity index (χ4v) is 3.78.